The Bertz CT molecular complexity index is 136. The number of hydrogen-bond acceptors (Lipinski definition) is 2. The fourth-order valence-electron chi connectivity index (χ4n) is 1.57. The van der Waals surface area contributed by atoms with Gasteiger partial charge in [-0.15, -0.1) is 0 Å². The summed E-state index contributed by atoms with van der Waals surface area (Å²) in [6, 6.07) is 0. The third kappa shape index (κ3) is 1.40. The Labute approximate surface area is 66.8 Å². The van der Waals surface area contributed by atoms with Crippen LogP contribution in [0.2, 0.25) is 0 Å². The average molecular weight is 161 g/mol. The zero-order chi connectivity index (χ0) is 8.54. The summed E-state index contributed by atoms with van der Waals surface area (Å²) in [7, 11) is 0. The first-order valence-corrected chi connectivity index (χ1v) is 4.02. The molecule has 1 rings (SSSR count). The molecule has 1 unspecified atom stereocenters. The van der Waals surface area contributed by atoms with Gasteiger partial charge in [-0.3, -0.25) is 0 Å². The third-order valence-electron chi connectivity index (χ3n) is 2.81. The van der Waals surface area contributed by atoms with Gasteiger partial charge in [0.25, 0.3) is 0 Å². The summed E-state index contributed by atoms with van der Waals surface area (Å²) in [5, 5.41) is 12.1. The van der Waals surface area contributed by atoms with Gasteiger partial charge in [0.05, 0.1) is 6.61 Å². The lowest BCUT2D eigenvalue weighted by atomic mass is 9.75. The minimum atomic E-state index is -1.29. The number of hydrogen-bond donors (Lipinski definition) is 2. The Morgan fingerprint density at radius 1 is 1.64 bits per heavy atom. The maximum absolute atomic E-state index is 13.5. The second kappa shape index (κ2) is 2.72. The molecule has 0 saturated carbocycles. The second-order valence-electron chi connectivity index (χ2n) is 3.84. The van der Waals surface area contributed by atoms with Gasteiger partial charge in [-0.05, 0) is 26.8 Å². The zero-order valence-electron chi connectivity index (χ0n) is 7.15. The SMILES string of the molecule is CC(C)(F)C1(CO)CCNC1. The molecule has 11 heavy (non-hydrogen) atoms. The highest BCUT2D eigenvalue weighted by molar-refractivity contribution is 4.98. The molecular formula is C8H16FNO. The lowest BCUT2D eigenvalue weighted by Crippen LogP contribution is -2.44. The summed E-state index contributed by atoms with van der Waals surface area (Å²) in [6.07, 6.45) is 0.729. The summed E-state index contributed by atoms with van der Waals surface area (Å²) >= 11 is 0. The van der Waals surface area contributed by atoms with Crippen LogP contribution in [0, 0.1) is 5.41 Å². The van der Waals surface area contributed by atoms with E-state index in [0.29, 0.717) is 6.54 Å². The summed E-state index contributed by atoms with van der Waals surface area (Å²) in [4.78, 5) is 0. The molecule has 2 nitrogen and oxygen atoms in total. The molecule has 1 fully saturated rings. The van der Waals surface area contributed by atoms with Crippen LogP contribution in [-0.4, -0.2) is 30.5 Å². The lowest BCUT2D eigenvalue weighted by Gasteiger charge is -2.35. The van der Waals surface area contributed by atoms with Crippen LogP contribution >= 0.6 is 0 Å². The predicted molar refractivity (Wildman–Crippen MR) is 42.2 cm³/mol. The number of halogens is 1. The van der Waals surface area contributed by atoms with Gasteiger partial charge in [0.1, 0.15) is 5.67 Å². The Morgan fingerprint density at radius 3 is 2.45 bits per heavy atom. The Hall–Kier alpha value is -0.150. The molecule has 1 saturated heterocycles. The predicted octanol–water partition coefficient (Wildman–Crippen LogP) is 0.707. The third-order valence-corrected chi connectivity index (χ3v) is 2.81. The van der Waals surface area contributed by atoms with Crippen LogP contribution in [0.25, 0.3) is 0 Å². The van der Waals surface area contributed by atoms with Crippen molar-refractivity contribution in [2.24, 2.45) is 5.41 Å². The van der Waals surface area contributed by atoms with Crippen molar-refractivity contribution in [1.82, 2.24) is 5.32 Å². The molecule has 1 aliphatic rings. The highest BCUT2D eigenvalue weighted by Gasteiger charge is 2.47. The summed E-state index contributed by atoms with van der Waals surface area (Å²) in [5.41, 5.74) is -1.84. The van der Waals surface area contributed by atoms with Crippen LogP contribution < -0.4 is 5.32 Å². The van der Waals surface area contributed by atoms with E-state index in [9.17, 15) is 4.39 Å². The molecular weight excluding hydrogens is 145 g/mol. The van der Waals surface area contributed by atoms with E-state index in [2.05, 4.69) is 5.32 Å². The van der Waals surface area contributed by atoms with Gasteiger partial charge in [-0.2, -0.15) is 0 Å². The number of aliphatic hydroxyl groups is 1. The maximum Gasteiger partial charge on any atom is 0.114 e. The van der Waals surface area contributed by atoms with Crippen molar-refractivity contribution >= 4 is 0 Å². The van der Waals surface area contributed by atoms with Gasteiger partial charge in [0, 0.05) is 12.0 Å². The Kier molecular flexibility index (Phi) is 2.21. The monoisotopic (exact) mass is 161 g/mol. The largest absolute Gasteiger partial charge is 0.396 e. The van der Waals surface area contributed by atoms with E-state index in [1.165, 1.54) is 13.8 Å². The normalized spacial score (nSPS) is 32.7. The molecule has 0 aromatic heterocycles. The van der Waals surface area contributed by atoms with E-state index >= 15 is 0 Å². The van der Waals surface area contributed by atoms with Crippen LogP contribution in [0.5, 0.6) is 0 Å². The van der Waals surface area contributed by atoms with Crippen molar-refractivity contribution in [1.29, 1.82) is 0 Å². The van der Waals surface area contributed by atoms with Crippen LogP contribution in [-0.2, 0) is 0 Å². The number of nitrogens with one attached hydrogen (secondary N) is 1. The van der Waals surface area contributed by atoms with Crippen molar-refractivity contribution < 1.29 is 9.50 Å². The van der Waals surface area contributed by atoms with Crippen LogP contribution in [0.4, 0.5) is 4.39 Å². The smallest absolute Gasteiger partial charge is 0.114 e. The molecule has 0 radical (unpaired) electrons. The quantitative estimate of drug-likeness (QED) is 0.625. The average Bonchev–Trinajstić information content (AvgIpc) is 2.33. The van der Waals surface area contributed by atoms with Gasteiger partial charge < -0.3 is 10.4 Å². The maximum atomic E-state index is 13.5. The lowest BCUT2D eigenvalue weighted by molar-refractivity contribution is -0.00901. The second-order valence-corrected chi connectivity index (χ2v) is 3.84. The molecule has 66 valence electrons. The minimum absolute atomic E-state index is 0.0660. The Balaban J connectivity index is 2.75. The van der Waals surface area contributed by atoms with Crippen molar-refractivity contribution in [3.63, 3.8) is 0 Å². The van der Waals surface area contributed by atoms with E-state index in [0.717, 1.165) is 13.0 Å². The number of alkyl halides is 1. The minimum Gasteiger partial charge on any atom is -0.396 e. The molecule has 0 aromatic rings. The molecule has 3 heteroatoms. The van der Waals surface area contributed by atoms with Crippen LogP contribution in [0.3, 0.4) is 0 Å². The van der Waals surface area contributed by atoms with E-state index in [4.69, 9.17) is 5.11 Å². The van der Waals surface area contributed by atoms with E-state index in [-0.39, 0.29) is 6.61 Å². The molecule has 0 spiro atoms. The van der Waals surface area contributed by atoms with Gasteiger partial charge in [-0.1, -0.05) is 0 Å². The standard InChI is InChI=1S/C8H16FNO/c1-7(2,9)8(6-11)3-4-10-5-8/h10-11H,3-6H2,1-2H3. The fourth-order valence-corrected chi connectivity index (χ4v) is 1.57. The fraction of sp³-hybridized carbons (Fsp3) is 1.00. The molecule has 1 heterocycles. The summed E-state index contributed by atoms with van der Waals surface area (Å²) in [6.45, 7) is 4.41. The van der Waals surface area contributed by atoms with Crippen molar-refractivity contribution in [2.75, 3.05) is 19.7 Å². The van der Waals surface area contributed by atoms with E-state index in [1.807, 2.05) is 0 Å². The van der Waals surface area contributed by atoms with Crippen molar-refractivity contribution in [3.8, 4) is 0 Å². The summed E-state index contributed by atoms with van der Waals surface area (Å²) < 4.78 is 13.5. The zero-order valence-corrected chi connectivity index (χ0v) is 7.15. The van der Waals surface area contributed by atoms with Gasteiger partial charge in [0.2, 0.25) is 0 Å². The summed E-state index contributed by atoms with van der Waals surface area (Å²) in [5.74, 6) is 0. The molecule has 2 N–H and O–H groups in total. The van der Waals surface area contributed by atoms with Gasteiger partial charge >= 0.3 is 0 Å². The molecule has 1 atom stereocenters. The number of rotatable bonds is 2. The number of aliphatic hydroxyl groups excluding tert-OH is 1. The molecule has 0 amide bonds. The highest BCUT2D eigenvalue weighted by Crippen LogP contribution is 2.39. The molecule has 0 aliphatic carbocycles. The van der Waals surface area contributed by atoms with E-state index < -0.39 is 11.1 Å². The first kappa shape index (κ1) is 8.94. The van der Waals surface area contributed by atoms with Crippen LogP contribution in [0.15, 0.2) is 0 Å². The first-order chi connectivity index (χ1) is 5.02. The highest BCUT2D eigenvalue weighted by atomic mass is 19.1. The van der Waals surface area contributed by atoms with Crippen molar-refractivity contribution in [3.05, 3.63) is 0 Å². The Morgan fingerprint density at radius 2 is 2.27 bits per heavy atom. The first-order valence-electron chi connectivity index (χ1n) is 4.02. The van der Waals surface area contributed by atoms with E-state index in [1.54, 1.807) is 0 Å². The van der Waals surface area contributed by atoms with Gasteiger partial charge in [-0.25, -0.2) is 4.39 Å². The van der Waals surface area contributed by atoms with Crippen molar-refractivity contribution in [2.45, 2.75) is 25.9 Å². The topological polar surface area (TPSA) is 32.3 Å². The van der Waals surface area contributed by atoms with Gasteiger partial charge in [0.15, 0.2) is 0 Å². The molecule has 0 bridgehead atoms. The molecule has 0 aromatic carbocycles. The van der Waals surface area contributed by atoms with Crippen LogP contribution in [0.1, 0.15) is 20.3 Å². The molecule has 1 aliphatic heterocycles.